The van der Waals surface area contributed by atoms with Crippen molar-refractivity contribution in [3.63, 3.8) is 0 Å². The van der Waals surface area contributed by atoms with Gasteiger partial charge in [0.1, 0.15) is 23.6 Å². The average Bonchev–Trinajstić information content (AvgIpc) is 3.94. The van der Waals surface area contributed by atoms with Crippen molar-refractivity contribution in [1.82, 2.24) is 19.4 Å². The number of likely N-dealkylation sites (tertiary alicyclic amines) is 1. The molecule has 1 aliphatic carbocycles. The van der Waals surface area contributed by atoms with Crippen LogP contribution in [0.4, 0.5) is 26.2 Å². The third-order valence-corrected chi connectivity index (χ3v) is 13.7. The predicted molar refractivity (Wildman–Crippen MR) is 247 cm³/mol. The number of nitrogens with zero attached hydrogens (tertiary/aromatic N) is 7. The van der Waals surface area contributed by atoms with E-state index in [0.717, 1.165) is 36.0 Å². The van der Waals surface area contributed by atoms with Gasteiger partial charge < -0.3 is 23.8 Å². The van der Waals surface area contributed by atoms with Crippen LogP contribution in [-0.2, 0) is 47.7 Å². The van der Waals surface area contributed by atoms with Crippen LogP contribution < -0.4 is 15.2 Å². The van der Waals surface area contributed by atoms with Gasteiger partial charge in [-0.15, -0.1) is 0 Å². The number of amides is 1. The number of fused-ring (bicyclic) bond motifs is 5. The number of ether oxygens (including phenoxy) is 2. The molecule has 3 aromatic heterocycles. The van der Waals surface area contributed by atoms with Crippen molar-refractivity contribution in [2.75, 3.05) is 50.3 Å². The summed E-state index contributed by atoms with van der Waals surface area (Å²) in [5, 5.41) is 0.182. The lowest BCUT2D eigenvalue weighted by molar-refractivity contribution is -0.0275. The Morgan fingerprint density at radius 3 is 2.38 bits per heavy atom. The van der Waals surface area contributed by atoms with Gasteiger partial charge in [-0.3, -0.25) is 23.7 Å². The molecule has 2 aromatic carbocycles. The van der Waals surface area contributed by atoms with Crippen molar-refractivity contribution < 1.29 is 41.6 Å². The number of carbonyl (C=O) groups is 2. The number of esters is 1. The zero-order chi connectivity index (χ0) is 47.5. The van der Waals surface area contributed by atoms with Crippen molar-refractivity contribution in [2.24, 2.45) is 13.0 Å². The number of halogens is 1. The third kappa shape index (κ3) is 9.21. The number of hydrogen-bond donors (Lipinski definition) is 0. The molecule has 0 bridgehead atoms. The molecule has 5 aromatic rings. The van der Waals surface area contributed by atoms with Crippen LogP contribution in [0.5, 0.6) is 0 Å². The van der Waals surface area contributed by atoms with Gasteiger partial charge in [-0.1, -0.05) is 30.3 Å². The van der Waals surface area contributed by atoms with Gasteiger partial charge in [-0.05, 0) is 84.2 Å². The number of benzene rings is 2. The molecule has 2 aliphatic heterocycles. The second kappa shape index (κ2) is 17.7. The first kappa shape index (κ1) is 46.5. The Kier molecular flexibility index (Phi) is 12.4. The lowest BCUT2D eigenvalue weighted by Crippen LogP contribution is -2.35. The number of hydrogen-bond acceptors (Lipinski definition) is 13. The third-order valence-electron chi connectivity index (χ3n) is 11.7. The molecule has 1 amide bonds. The van der Waals surface area contributed by atoms with Gasteiger partial charge in [0.2, 0.25) is 17.9 Å². The molecule has 346 valence electrons. The average molecular weight is 922 g/mol. The number of phosphoric ester groups is 1. The van der Waals surface area contributed by atoms with E-state index in [-0.39, 0.29) is 41.4 Å². The molecule has 8 rings (SSSR count). The first-order chi connectivity index (χ1) is 31.1. The molecule has 2 atom stereocenters. The second-order valence-electron chi connectivity index (χ2n) is 19.0. The van der Waals surface area contributed by atoms with Crippen LogP contribution in [0.2, 0.25) is 0 Å². The van der Waals surface area contributed by atoms with E-state index in [9.17, 15) is 18.9 Å². The molecule has 0 spiro atoms. The summed E-state index contributed by atoms with van der Waals surface area (Å²) in [5.74, 6) is -1.29. The monoisotopic (exact) mass is 921 g/mol. The van der Waals surface area contributed by atoms with Crippen LogP contribution in [0, 0.1) is 18.3 Å². The maximum absolute atomic E-state index is 16.4. The van der Waals surface area contributed by atoms with E-state index in [4.69, 9.17) is 39.6 Å². The fourth-order valence-corrected chi connectivity index (χ4v) is 10.8. The molecule has 2 saturated heterocycles. The largest absolute Gasteiger partial charge is 0.478 e. The highest BCUT2D eigenvalue weighted by Crippen LogP contribution is 2.56. The predicted octanol–water partition coefficient (Wildman–Crippen LogP) is 9.04. The van der Waals surface area contributed by atoms with Gasteiger partial charge in [0.15, 0.2) is 0 Å². The lowest BCUT2D eigenvalue weighted by atomic mass is 9.95. The lowest BCUT2D eigenvalue weighted by Gasteiger charge is -2.31. The summed E-state index contributed by atoms with van der Waals surface area (Å²) in [6.45, 7) is 19.8. The van der Waals surface area contributed by atoms with Crippen LogP contribution in [0.3, 0.4) is 0 Å². The van der Waals surface area contributed by atoms with E-state index in [1.807, 2.05) is 30.3 Å². The minimum Gasteiger partial charge on any atom is -0.457 e. The number of pyridine rings is 3. The van der Waals surface area contributed by atoms with Crippen LogP contribution in [0.25, 0.3) is 38.1 Å². The van der Waals surface area contributed by atoms with E-state index < -0.39 is 49.1 Å². The summed E-state index contributed by atoms with van der Waals surface area (Å²) in [4.78, 5) is 60.3. The number of carbonyl (C=O) groups excluding carboxylic acids is 2. The molecular formula is C48H53FN7O9P. The van der Waals surface area contributed by atoms with Crippen molar-refractivity contribution in [2.45, 2.75) is 78.2 Å². The van der Waals surface area contributed by atoms with Gasteiger partial charge in [0.05, 0.1) is 40.2 Å². The van der Waals surface area contributed by atoms with E-state index in [0.29, 0.717) is 57.3 Å². The Balaban J connectivity index is 1.20. The van der Waals surface area contributed by atoms with Gasteiger partial charge >= 0.3 is 19.9 Å². The van der Waals surface area contributed by atoms with Gasteiger partial charge in [-0.2, -0.15) is 0 Å². The van der Waals surface area contributed by atoms with Crippen molar-refractivity contribution in [1.29, 1.82) is 0 Å². The maximum atomic E-state index is 16.4. The number of aromatic nitrogens is 3. The van der Waals surface area contributed by atoms with Crippen LogP contribution >= 0.6 is 7.82 Å². The molecule has 0 unspecified atom stereocenters. The summed E-state index contributed by atoms with van der Waals surface area (Å²) < 4.78 is 59.4. The van der Waals surface area contributed by atoms with Gasteiger partial charge in [0, 0.05) is 87.0 Å². The highest BCUT2D eigenvalue weighted by molar-refractivity contribution is 7.48. The molecule has 16 nitrogen and oxygen atoms in total. The fraction of sp³-hybridized carbons (Fsp3) is 0.417. The van der Waals surface area contributed by atoms with Gasteiger partial charge in [-0.25, -0.2) is 32.9 Å². The van der Waals surface area contributed by atoms with E-state index in [1.165, 1.54) is 13.2 Å². The molecular weight excluding hydrogens is 869 g/mol. The Bertz CT molecular complexity index is 2890. The maximum Gasteiger partial charge on any atom is 0.478 e. The molecule has 0 N–H and O–H groups in total. The normalized spacial score (nSPS) is 17.1. The summed E-state index contributed by atoms with van der Waals surface area (Å²) in [7, 11) is 0.933. The standard InChI is InChI=1S/C48H53FN7O9P/c1-47(2,3)64-66(60,65-48(4,5)6)63-27-62-46(59)55(10)37-20-35(49)41(50-7)39-31(37)19-36-40(39)42(56-17-16-29-23-53(8)25-38(29)56)33(22-51-36)30-18-32-43(57)34(24-54(9)44(32)52-21-30)45(58)61-26-28-14-12-11-13-15-28/h11-15,18,20-22,24,29,38H,16-17,19,23,25-27H2,1-6,8-10H3/t29-,38+/m0/s1. The molecule has 0 radical (unpaired) electrons. The highest BCUT2D eigenvalue weighted by atomic mass is 31.2. The quantitative estimate of drug-likeness (QED) is 0.0525. The van der Waals surface area contributed by atoms with Crippen molar-refractivity contribution in [3.05, 3.63) is 111 Å². The van der Waals surface area contributed by atoms with Crippen molar-refractivity contribution >= 4 is 48.0 Å². The molecule has 5 heterocycles. The highest BCUT2D eigenvalue weighted by Gasteiger charge is 2.44. The van der Waals surface area contributed by atoms with E-state index in [1.54, 1.807) is 71.6 Å². The van der Waals surface area contributed by atoms with Crippen molar-refractivity contribution in [3.8, 4) is 22.3 Å². The zero-order valence-electron chi connectivity index (χ0n) is 38.5. The summed E-state index contributed by atoms with van der Waals surface area (Å²) >= 11 is 0. The Morgan fingerprint density at radius 2 is 1.70 bits per heavy atom. The number of anilines is 2. The Labute approximate surface area is 382 Å². The zero-order valence-corrected chi connectivity index (χ0v) is 39.4. The van der Waals surface area contributed by atoms with Gasteiger partial charge in [0.25, 0.3) is 0 Å². The number of phosphoric acid groups is 1. The topological polar surface area (TPSA) is 159 Å². The smallest absolute Gasteiger partial charge is 0.457 e. The SMILES string of the molecule is [C-]#[N+]c1c(F)cc(N(C)C(=O)OCOP(=O)(OC(C)(C)C)OC(C)(C)C)c2c1-c1c(ncc(-c3cnc4c(c3)c(=O)c(C(=O)OCc3ccccc3)cn4C)c1N1CC[C@H]3CN(C)C[C@H]31)C2. The minimum absolute atomic E-state index is 0.0123. The Hall–Kier alpha value is -6.02. The molecule has 3 aliphatic rings. The van der Waals surface area contributed by atoms with E-state index >= 15 is 4.39 Å². The van der Waals surface area contributed by atoms with Crippen LogP contribution in [0.1, 0.15) is 75.1 Å². The number of rotatable bonds is 11. The first-order valence-corrected chi connectivity index (χ1v) is 23.1. The molecule has 66 heavy (non-hydrogen) atoms. The van der Waals surface area contributed by atoms with E-state index in [2.05, 4.69) is 21.7 Å². The Morgan fingerprint density at radius 1 is 0.985 bits per heavy atom. The number of aryl methyl sites for hydroxylation is 1. The summed E-state index contributed by atoms with van der Waals surface area (Å²) in [5.41, 5.74) is 2.14. The molecule has 0 saturated carbocycles. The first-order valence-electron chi connectivity index (χ1n) is 21.6. The van der Waals surface area contributed by atoms with Crippen LogP contribution in [0.15, 0.2) is 65.8 Å². The molecule has 18 heteroatoms. The molecule has 2 fully saturated rings. The summed E-state index contributed by atoms with van der Waals surface area (Å²) in [6, 6.07) is 12.1. The second-order valence-corrected chi connectivity index (χ2v) is 20.5. The minimum atomic E-state index is -4.24. The van der Waals surface area contributed by atoms with Crippen LogP contribution in [-0.4, -0.2) is 89.3 Å². The number of likely N-dealkylation sites (N-methyl/N-ethyl adjacent to an activating group) is 1. The summed E-state index contributed by atoms with van der Waals surface area (Å²) in [6.07, 6.45) is 4.84. The fourth-order valence-electron chi connectivity index (χ4n) is 9.12.